The zero-order valence-electron chi connectivity index (χ0n) is 15.5. The minimum atomic E-state index is -1.23. The molecular weight excluding hydrogens is 344 g/mol. The second-order valence-electron chi connectivity index (χ2n) is 7.71. The van der Waals surface area contributed by atoms with Gasteiger partial charge in [-0.25, -0.2) is 13.6 Å². The van der Waals surface area contributed by atoms with Crippen molar-refractivity contribution in [1.82, 2.24) is 4.90 Å². The number of carboxylic acid groups (broad SMARTS) is 1. The van der Waals surface area contributed by atoms with Gasteiger partial charge in [0.25, 0.3) is 0 Å². The Balaban J connectivity index is 2.41. The van der Waals surface area contributed by atoms with Crippen molar-refractivity contribution >= 4 is 12.1 Å². The van der Waals surface area contributed by atoms with Crippen LogP contribution in [0.5, 0.6) is 0 Å². The predicted octanol–water partition coefficient (Wildman–Crippen LogP) is 4.17. The zero-order valence-corrected chi connectivity index (χ0v) is 15.5. The van der Waals surface area contributed by atoms with E-state index in [1.165, 1.54) is 11.0 Å². The number of carboxylic acids is 1. The summed E-state index contributed by atoms with van der Waals surface area (Å²) in [6, 6.07) is 3.11. The highest BCUT2D eigenvalue weighted by Gasteiger charge is 2.50. The van der Waals surface area contributed by atoms with E-state index in [4.69, 9.17) is 4.74 Å². The third kappa shape index (κ3) is 3.97. The topological polar surface area (TPSA) is 66.8 Å². The molecule has 1 amide bonds. The number of ether oxygens (including phenoxy) is 1. The van der Waals surface area contributed by atoms with Crippen molar-refractivity contribution in [2.45, 2.75) is 52.1 Å². The minimum Gasteiger partial charge on any atom is -0.481 e. The van der Waals surface area contributed by atoms with E-state index in [0.717, 1.165) is 12.1 Å². The summed E-state index contributed by atoms with van der Waals surface area (Å²) in [6.07, 6.45) is -0.133. The standard InChI is InChI=1S/C19H25F2NO4/c1-5-19(16(23)24)8-9-22(17(25)26-18(2,3)4)11-14(19)13-7-6-12(20)10-15(13)21/h6-7,10,14H,5,8-9,11H2,1-4H3,(H,23,24). The fourth-order valence-corrected chi connectivity index (χ4v) is 3.50. The number of nitrogens with zero attached hydrogens (tertiary/aromatic N) is 1. The zero-order chi connectivity index (χ0) is 19.7. The second kappa shape index (κ2) is 7.21. The first-order valence-electron chi connectivity index (χ1n) is 8.66. The summed E-state index contributed by atoms with van der Waals surface area (Å²) in [5.41, 5.74) is -1.82. The molecule has 2 rings (SSSR count). The van der Waals surface area contributed by atoms with Crippen molar-refractivity contribution in [2.75, 3.05) is 13.1 Å². The Hall–Kier alpha value is -2.18. The van der Waals surface area contributed by atoms with Gasteiger partial charge in [-0.05, 0) is 45.2 Å². The van der Waals surface area contributed by atoms with E-state index in [9.17, 15) is 23.5 Å². The number of piperidine rings is 1. The molecule has 144 valence electrons. The van der Waals surface area contributed by atoms with E-state index < -0.39 is 40.6 Å². The first kappa shape index (κ1) is 20.1. The molecule has 1 fully saturated rings. The summed E-state index contributed by atoms with van der Waals surface area (Å²) in [5, 5.41) is 9.85. The van der Waals surface area contributed by atoms with Crippen molar-refractivity contribution in [2.24, 2.45) is 5.41 Å². The molecule has 1 heterocycles. The maximum absolute atomic E-state index is 14.4. The molecule has 1 aromatic rings. The number of hydrogen-bond donors (Lipinski definition) is 1. The Kier molecular flexibility index (Phi) is 5.58. The van der Waals surface area contributed by atoms with Crippen molar-refractivity contribution in [3.63, 3.8) is 0 Å². The molecule has 1 saturated heterocycles. The van der Waals surface area contributed by atoms with E-state index in [1.807, 2.05) is 0 Å². The summed E-state index contributed by atoms with van der Waals surface area (Å²) in [4.78, 5) is 25.8. The highest BCUT2D eigenvalue weighted by Crippen LogP contribution is 2.46. The molecule has 0 saturated carbocycles. The average molecular weight is 369 g/mol. The molecule has 0 bridgehead atoms. The molecule has 0 spiro atoms. The number of benzene rings is 1. The van der Waals surface area contributed by atoms with Crippen molar-refractivity contribution < 1.29 is 28.2 Å². The fraction of sp³-hybridized carbons (Fsp3) is 0.579. The normalized spacial score (nSPS) is 23.6. The van der Waals surface area contributed by atoms with E-state index >= 15 is 0 Å². The first-order chi connectivity index (χ1) is 12.0. The molecule has 2 atom stereocenters. The third-order valence-corrected chi connectivity index (χ3v) is 4.94. The molecule has 1 aliphatic rings. The van der Waals surface area contributed by atoms with Gasteiger partial charge in [0.15, 0.2) is 0 Å². The van der Waals surface area contributed by atoms with Crippen molar-refractivity contribution in [3.8, 4) is 0 Å². The molecule has 1 aromatic carbocycles. The number of aliphatic carboxylic acids is 1. The van der Waals surface area contributed by atoms with E-state index in [-0.39, 0.29) is 31.5 Å². The Morgan fingerprint density at radius 1 is 1.35 bits per heavy atom. The largest absolute Gasteiger partial charge is 0.481 e. The SMILES string of the molecule is CCC1(C(=O)O)CCN(C(=O)OC(C)(C)C)CC1c1ccc(F)cc1F. The molecular formula is C19H25F2NO4. The van der Waals surface area contributed by atoms with Crippen LogP contribution < -0.4 is 0 Å². The first-order valence-corrected chi connectivity index (χ1v) is 8.66. The highest BCUT2D eigenvalue weighted by atomic mass is 19.1. The van der Waals surface area contributed by atoms with Gasteiger partial charge in [0.05, 0.1) is 5.41 Å². The molecule has 5 nitrogen and oxygen atoms in total. The van der Waals surface area contributed by atoms with Gasteiger partial charge in [-0.1, -0.05) is 13.0 Å². The van der Waals surface area contributed by atoms with Gasteiger partial charge in [0.2, 0.25) is 0 Å². The number of amides is 1. The van der Waals surface area contributed by atoms with Crippen LogP contribution >= 0.6 is 0 Å². The Bertz CT molecular complexity index is 701. The van der Waals surface area contributed by atoms with Crippen LogP contribution in [0.4, 0.5) is 13.6 Å². The molecule has 1 aliphatic heterocycles. The number of rotatable bonds is 3. The quantitative estimate of drug-likeness (QED) is 0.868. The molecule has 0 aliphatic carbocycles. The van der Waals surface area contributed by atoms with Gasteiger partial charge in [-0.2, -0.15) is 0 Å². The lowest BCUT2D eigenvalue weighted by molar-refractivity contribution is -0.154. The lowest BCUT2D eigenvalue weighted by atomic mass is 9.65. The molecule has 26 heavy (non-hydrogen) atoms. The van der Waals surface area contributed by atoms with E-state index in [2.05, 4.69) is 0 Å². The summed E-state index contributed by atoms with van der Waals surface area (Å²) < 4.78 is 33.1. The summed E-state index contributed by atoms with van der Waals surface area (Å²) in [6.45, 7) is 7.14. The molecule has 0 aromatic heterocycles. The maximum atomic E-state index is 14.4. The van der Waals surface area contributed by atoms with Crippen LogP contribution in [0.2, 0.25) is 0 Å². The van der Waals surface area contributed by atoms with Crippen LogP contribution in [0.25, 0.3) is 0 Å². The van der Waals surface area contributed by atoms with Gasteiger partial charge in [0, 0.05) is 25.1 Å². The van der Waals surface area contributed by atoms with Gasteiger partial charge >= 0.3 is 12.1 Å². The molecule has 2 unspecified atom stereocenters. The molecule has 0 radical (unpaired) electrons. The third-order valence-electron chi connectivity index (χ3n) is 4.94. The van der Waals surface area contributed by atoms with Crippen LogP contribution in [-0.2, 0) is 9.53 Å². The van der Waals surface area contributed by atoms with Crippen LogP contribution in [0.1, 0.15) is 52.0 Å². The second-order valence-corrected chi connectivity index (χ2v) is 7.71. The smallest absolute Gasteiger partial charge is 0.410 e. The van der Waals surface area contributed by atoms with Gasteiger partial charge < -0.3 is 14.7 Å². The summed E-state index contributed by atoms with van der Waals surface area (Å²) >= 11 is 0. The number of carbonyl (C=O) groups is 2. The fourth-order valence-electron chi connectivity index (χ4n) is 3.50. The highest BCUT2D eigenvalue weighted by molar-refractivity contribution is 5.77. The minimum absolute atomic E-state index is 0.00238. The van der Waals surface area contributed by atoms with Gasteiger partial charge in [-0.15, -0.1) is 0 Å². The van der Waals surface area contributed by atoms with Gasteiger partial charge in [-0.3, -0.25) is 4.79 Å². The number of carbonyl (C=O) groups excluding carboxylic acids is 1. The predicted molar refractivity (Wildman–Crippen MR) is 91.9 cm³/mol. The summed E-state index contributed by atoms with van der Waals surface area (Å²) in [7, 11) is 0. The summed E-state index contributed by atoms with van der Waals surface area (Å²) in [5.74, 6) is -3.38. The van der Waals surface area contributed by atoms with Gasteiger partial charge in [0.1, 0.15) is 17.2 Å². The molecule has 7 heteroatoms. The monoisotopic (exact) mass is 369 g/mol. The van der Waals surface area contributed by atoms with Crippen molar-refractivity contribution in [3.05, 3.63) is 35.4 Å². The van der Waals surface area contributed by atoms with Crippen molar-refractivity contribution in [1.29, 1.82) is 0 Å². The van der Waals surface area contributed by atoms with Crippen LogP contribution in [0.3, 0.4) is 0 Å². The van der Waals surface area contributed by atoms with Crippen LogP contribution in [0.15, 0.2) is 18.2 Å². The Morgan fingerprint density at radius 2 is 2.00 bits per heavy atom. The number of halogens is 2. The average Bonchev–Trinajstić information content (AvgIpc) is 2.52. The van der Waals surface area contributed by atoms with Crippen LogP contribution in [0, 0.1) is 17.0 Å². The van der Waals surface area contributed by atoms with E-state index in [0.29, 0.717) is 0 Å². The maximum Gasteiger partial charge on any atom is 0.410 e. The van der Waals surface area contributed by atoms with E-state index in [1.54, 1.807) is 27.7 Å². The lowest BCUT2D eigenvalue weighted by Crippen LogP contribution is -2.52. The Morgan fingerprint density at radius 3 is 2.50 bits per heavy atom. The number of hydrogen-bond acceptors (Lipinski definition) is 3. The number of likely N-dealkylation sites (tertiary alicyclic amines) is 1. The lowest BCUT2D eigenvalue weighted by Gasteiger charge is -2.45. The molecule has 1 N–H and O–H groups in total. The van der Waals surface area contributed by atoms with Crippen LogP contribution in [-0.4, -0.2) is 40.8 Å². The Labute approximate surface area is 151 Å².